The molecule has 1 atom stereocenters. The number of nitrogens with one attached hydrogen (secondary N) is 1. The molecule has 178 valence electrons. The first kappa shape index (κ1) is 22.3. The van der Waals surface area contributed by atoms with E-state index < -0.39 is 18.0 Å². The molecule has 1 unspecified atom stereocenters. The van der Waals surface area contributed by atoms with E-state index in [9.17, 15) is 14.4 Å². The lowest BCUT2D eigenvalue weighted by Gasteiger charge is -2.22. The van der Waals surface area contributed by atoms with Crippen LogP contribution in [0.15, 0.2) is 72.8 Å². The number of rotatable bonds is 7. The van der Waals surface area contributed by atoms with Gasteiger partial charge in [0, 0.05) is 12.2 Å². The van der Waals surface area contributed by atoms with E-state index in [1.165, 1.54) is 4.90 Å². The molecule has 5 rings (SSSR count). The number of nitrogens with zero attached hydrogens (tertiary/aromatic N) is 2. The van der Waals surface area contributed by atoms with Crippen LogP contribution in [0, 0.1) is 0 Å². The van der Waals surface area contributed by atoms with Gasteiger partial charge in [-0.1, -0.05) is 24.3 Å². The second kappa shape index (κ2) is 9.38. The van der Waals surface area contributed by atoms with Crippen molar-refractivity contribution in [2.24, 2.45) is 0 Å². The number of carbonyl (C=O) groups excluding carboxylic acids is 3. The lowest BCUT2D eigenvalue weighted by Crippen LogP contribution is -2.37. The molecule has 1 fully saturated rings. The summed E-state index contributed by atoms with van der Waals surface area (Å²) < 4.78 is 15.9. The number of methoxy groups -OCH3 is 1. The molecule has 0 aromatic heterocycles. The van der Waals surface area contributed by atoms with Crippen LogP contribution in [0.25, 0.3) is 0 Å². The molecule has 1 N–H and O–H groups in total. The van der Waals surface area contributed by atoms with Crippen molar-refractivity contribution in [3.8, 4) is 17.2 Å². The van der Waals surface area contributed by atoms with Crippen molar-refractivity contribution in [1.82, 2.24) is 4.90 Å². The number of amides is 4. The molecule has 9 nitrogen and oxygen atoms in total. The van der Waals surface area contributed by atoms with Gasteiger partial charge in [-0.3, -0.25) is 9.59 Å². The zero-order valence-corrected chi connectivity index (χ0v) is 19.0. The van der Waals surface area contributed by atoms with Gasteiger partial charge in [-0.05, 0) is 54.1 Å². The zero-order valence-electron chi connectivity index (χ0n) is 19.0. The molecular weight excluding hydrogens is 450 g/mol. The predicted octanol–water partition coefficient (Wildman–Crippen LogP) is 3.79. The van der Waals surface area contributed by atoms with Crippen molar-refractivity contribution in [3.63, 3.8) is 0 Å². The highest BCUT2D eigenvalue weighted by atomic mass is 16.7. The van der Waals surface area contributed by atoms with Crippen LogP contribution in [-0.2, 0) is 16.1 Å². The van der Waals surface area contributed by atoms with Gasteiger partial charge in [0.2, 0.25) is 12.7 Å². The third-order valence-corrected chi connectivity index (χ3v) is 5.88. The van der Waals surface area contributed by atoms with Crippen molar-refractivity contribution in [1.29, 1.82) is 0 Å². The fourth-order valence-corrected chi connectivity index (χ4v) is 4.13. The first-order valence-electron chi connectivity index (χ1n) is 11.1. The monoisotopic (exact) mass is 473 g/mol. The lowest BCUT2D eigenvalue weighted by molar-refractivity contribution is -0.124. The molecule has 35 heavy (non-hydrogen) atoms. The minimum absolute atomic E-state index is 0.130. The number of ether oxygens (including phenoxy) is 3. The van der Waals surface area contributed by atoms with E-state index in [0.717, 1.165) is 10.5 Å². The van der Waals surface area contributed by atoms with Gasteiger partial charge in [0.1, 0.15) is 11.8 Å². The predicted molar refractivity (Wildman–Crippen MR) is 127 cm³/mol. The summed E-state index contributed by atoms with van der Waals surface area (Å²) in [6.45, 7) is 0.265. The fraction of sp³-hybridized carbons (Fsp3) is 0.192. The molecule has 1 saturated heterocycles. The average Bonchev–Trinajstić information content (AvgIpc) is 3.43. The van der Waals surface area contributed by atoms with Crippen LogP contribution in [0.4, 0.5) is 16.2 Å². The van der Waals surface area contributed by atoms with Crippen molar-refractivity contribution in [2.45, 2.75) is 19.0 Å². The molecule has 2 aliphatic rings. The highest BCUT2D eigenvalue weighted by molar-refractivity contribution is 6.22. The summed E-state index contributed by atoms with van der Waals surface area (Å²) in [5.41, 5.74) is 1.77. The Morgan fingerprint density at radius 2 is 1.74 bits per heavy atom. The maximum Gasteiger partial charge on any atom is 0.332 e. The molecule has 3 aromatic rings. The number of para-hydroxylation sites is 1. The molecular formula is C26H23N3O6. The highest BCUT2D eigenvalue weighted by Gasteiger charge is 2.46. The van der Waals surface area contributed by atoms with E-state index in [1.54, 1.807) is 73.8 Å². The first-order valence-corrected chi connectivity index (χ1v) is 11.1. The Morgan fingerprint density at radius 3 is 2.49 bits per heavy atom. The summed E-state index contributed by atoms with van der Waals surface area (Å²) in [5, 5.41) is 2.79. The first-order chi connectivity index (χ1) is 17.0. The molecule has 0 radical (unpaired) electrons. The summed E-state index contributed by atoms with van der Waals surface area (Å²) in [6.07, 6.45) is -0.190. The van der Waals surface area contributed by atoms with E-state index >= 15 is 0 Å². The van der Waals surface area contributed by atoms with Gasteiger partial charge < -0.3 is 24.4 Å². The van der Waals surface area contributed by atoms with E-state index in [1.807, 2.05) is 6.07 Å². The summed E-state index contributed by atoms with van der Waals surface area (Å²) in [7, 11) is 1.56. The van der Waals surface area contributed by atoms with Crippen molar-refractivity contribution >= 4 is 29.2 Å². The van der Waals surface area contributed by atoms with Gasteiger partial charge in [-0.15, -0.1) is 0 Å². The molecule has 0 saturated carbocycles. The number of fused-ring (bicyclic) bond motifs is 1. The molecule has 2 heterocycles. The minimum Gasteiger partial charge on any atom is -0.497 e. The average molecular weight is 473 g/mol. The Labute approximate surface area is 201 Å². The van der Waals surface area contributed by atoms with E-state index in [2.05, 4.69) is 5.32 Å². The number of hydrogen-bond donors (Lipinski definition) is 1. The van der Waals surface area contributed by atoms with Gasteiger partial charge in [0.15, 0.2) is 11.5 Å². The largest absolute Gasteiger partial charge is 0.497 e. The number of urea groups is 1. The highest BCUT2D eigenvalue weighted by Crippen LogP contribution is 2.34. The number of benzene rings is 3. The molecule has 0 spiro atoms. The van der Waals surface area contributed by atoms with Crippen molar-refractivity contribution in [3.05, 3.63) is 78.4 Å². The number of imide groups is 1. The Balaban J connectivity index is 1.39. The van der Waals surface area contributed by atoms with Crippen LogP contribution in [0.5, 0.6) is 17.2 Å². The summed E-state index contributed by atoms with van der Waals surface area (Å²) in [4.78, 5) is 42.2. The van der Waals surface area contributed by atoms with Gasteiger partial charge >= 0.3 is 6.03 Å². The molecule has 0 aliphatic carbocycles. The number of anilines is 2. The third kappa shape index (κ3) is 4.48. The SMILES string of the molecule is COc1ccc(NC(=O)CC2C(=O)N(c3ccccc3)C(=O)N2Cc2ccc3c(c2)OCO3)cc1. The van der Waals surface area contributed by atoms with E-state index in [4.69, 9.17) is 14.2 Å². The lowest BCUT2D eigenvalue weighted by atomic mass is 10.1. The molecule has 0 bridgehead atoms. The van der Waals surface area contributed by atoms with E-state index in [-0.39, 0.29) is 25.7 Å². The maximum atomic E-state index is 13.4. The normalized spacial score (nSPS) is 16.5. The standard InChI is InChI=1S/C26H23N3O6/c1-33-20-10-8-18(9-11-20)27-24(30)14-21-25(31)29(19-5-3-2-4-6-19)26(32)28(21)15-17-7-12-22-23(13-17)35-16-34-22/h2-13,21H,14-16H2,1H3,(H,27,30). The van der Waals surface area contributed by atoms with Crippen molar-refractivity contribution < 1.29 is 28.6 Å². The van der Waals surface area contributed by atoms with Gasteiger partial charge in [0.25, 0.3) is 5.91 Å². The maximum absolute atomic E-state index is 13.4. The Bertz CT molecular complexity index is 1260. The second-order valence-corrected chi connectivity index (χ2v) is 8.10. The van der Waals surface area contributed by atoms with Gasteiger partial charge in [-0.25, -0.2) is 9.69 Å². The van der Waals surface area contributed by atoms with E-state index in [0.29, 0.717) is 28.6 Å². The Kier molecular flexibility index (Phi) is 5.97. The molecule has 2 aliphatic heterocycles. The van der Waals surface area contributed by atoms with Crippen LogP contribution in [0.3, 0.4) is 0 Å². The van der Waals surface area contributed by atoms with Crippen LogP contribution in [0.2, 0.25) is 0 Å². The fourth-order valence-electron chi connectivity index (χ4n) is 4.13. The second-order valence-electron chi connectivity index (χ2n) is 8.10. The van der Waals surface area contributed by atoms with Gasteiger partial charge in [-0.2, -0.15) is 0 Å². The third-order valence-electron chi connectivity index (χ3n) is 5.88. The topological polar surface area (TPSA) is 97.4 Å². The molecule has 9 heteroatoms. The van der Waals surface area contributed by atoms with Crippen molar-refractivity contribution in [2.75, 3.05) is 24.1 Å². The smallest absolute Gasteiger partial charge is 0.332 e. The van der Waals surface area contributed by atoms with Crippen LogP contribution in [-0.4, -0.2) is 42.7 Å². The van der Waals surface area contributed by atoms with Crippen LogP contribution in [0.1, 0.15) is 12.0 Å². The van der Waals surface area contributed by atoms with Crippen LogP contribution < -0.4 is 24.4 Å². The minimum atomic E-state index is -0.966. The number of hydrogen-bond acceptors (Lipinski definition) is 6. The summed E-state index contributed by atoms with van der Waals surface area (Å²) >= 11 is 0. The Morgan fingerprint density at radius 1 is 1.00 bits per heavy atom. The summed E-state index contributed by atoms with van der Waals surface area (Å²) in [5.74, 6) is 1.03. The quantitative estimate of drug-likeness (QED) is 0.525. The molecule has 3 aromatic carbocycles. The Hall–Kier alpha value is -4.53. The summed E-state index contributed by atoms with van der Waals surface area (Å²) in [6, 6.07) is 19.5. The van der Waals surface area contributed by atoms with Crippen LogP contribution >= 0.6 is 0 Å². The zero-order chi connectivity index (χ0) is 24.4. The number of carbonyl (C=O) groups is 3. The molecule has 4 amide bonds. The van der Waals surface area contributed by atoms with Gasteiger partial charge in [0.05, 0.1) is 19.2 Å².